The molecule has 10 nitrogen and oxygen atoms in total. The number of Topliss-reactive ketones (excluding diaryl/α,β-unsaturated/α-hetero) is 1. The maximum atomic E-state index is 13.5. The lowest BCUT2D eigenvalue weighted by Crippen LogP contribution is -2.25. The monoisotopic (exact) mass is 614 g/mol. The largest absolute Gasteiger partial charge is 0.497 e. The molecule has 0 saturated heterocycles. The zero-order valence-corrected chi connectivity index (χ0v) is 24.9. The van der Waals surface area contributed by atoms with Crippen molar-refractivity contribution in [1.29, 1.82) is 0 Å². The summed E-state index contributed by atoms with van der Waals surface area (Å²) >= 11 is 6.53. The molecule has 0 atom stereocenters. The molecule has 1 N–H and O–H groups in total. The summed E-state index contributed by atoms with van der Waals surface area (Å²) in [6, 6.07) is 14.6. The molecule has 0 aliphatic heterocycles. The van der Waals surface area contributed by atoms with Crippen molar-refractivity contribution in [2.45, 2.75) is 32.9 Å². The molecule has 0 bridgehead atoms. The lowest BCUT2D eigenvalue weighted by molar-refractivity contribution is 0.0984. The number of anilines is 1. The van der Waals surface area contributed by atoms with Gasteiger partial charge in [0.2, 0.25) is 5.43 Å². The third-order valence-electron chi connectivity index (χ3n) is 6.61. The molecule has 0 spiro atoms. The fraction of sp³-hybridized carbons (Fsp3) is 0.188. The summed E-state index contributed by atoms with van der Waals surface area (Å²) in [6.45, 7) is 4.23. The highest BCUT2D eigenvalue weighted by Crippen LogP contribution is 2.32. The van der Waals surface area contributed by atoms with E-state index >= 15 is 0 Å². The fourth-order valence-electron chi connectivity index (χ4n) is 4.20. The van der Waals surface area contributed by atoms with Crippen molar-refractivity contribution in [2.75, 3.05) is 12.4 Å². The highest BCUT2D eigenvalue weighted by molar-refractivity contribution is 6.34. The summed E-state index contributed by atoms with van der Waals surface area (Å²) in [5, 5.41) is 7.71. The van der Waals surface area contributed by atoms with Crippen LogP contribution in [0.4, 0.5) is 10.2 Å². The molecule has 0 amide bonds. The van der Waals surface area contributed by atoms with Crippen molar-refractivity contribution >= 4 is 23.2 Å². The van der Waals surface area contributed by atoms with Crippen LogP contribution < -0.4 is 20.2 Å². The molecule has 3 aromatic heterocycles. The lowest BCUT2D eigenvalue weighted by atomic mass is 10.0. The van der Waals surface area contributed by atoms with Crippen LogP contribution in [-0.2, 0) is 13.0 Å². The van der Waals surface area contributed by atoms with Crippen LogP contribution in [0.25, 0.3) is 11.1 Å². The Morgan fingerprint density at radius 3 is 2.36 bits per heavy atom. The van der Waals surface area contributed by atoms with Gasteiger partial charge in [0.25, 0.3) is 0 Å². The molecule has 0 aliphatic rings. The Hall–Kier alpha value is -5.16. The van der Waals surface area contributed by atoms with Gasteiger partial charge in [0.1, 0.15) is 22.4 Å². The van der Waals surface area contributed by atoms with Crippen molar-refractivity contribution in [2.24, 2.45) is 0 Å². The number of carbonyl (C=O) groups is 1. The molecule has 224 valence electrons. The van der Waals surface area contributed by atoms with E-state index in [1.165, 1.54) is 36.7 Å². The van der Waals surface area contributed by atoms with Crippen LogP contribution in [0.3, 0.4) is 0 Å². The summed E-state index contributed by atoms with van der Waals surface area (Å²) < 4.78 is 26.0. The molecule has 0 radical (unpaired) electrons. The van der Waals surface area contributed by atoms with Crippen LogP contribution in [0.1, 0.15) is 41.5 Å². The number of ether oxygens (including phenoxy) is 2. The number of carbonyl (C=O) groups excluding carboxylic acids is 1. The lowest BCUT2D eigenvalue weighted by Gasteiger charge is -2.13. The van der Waals surface area contributed by atoms with E-state index in [9.17, 15) is 14.0 Å². The minimum absolute atomic E-state index is 0.00833. The van der Waals surface area contributed by atoms with Crippen molar-refractivity contribution in [1.82, 2.24) is 24.7 Å². The number of benzene rings is 2. The highest BCUT2D eigenvalue weighted by atomic mass is 35.5. The second-order valence-electron chi connectivity index (χ2n) is 10.1. The topological polar surface area (TPSA) is 121 Å². The summed E-state index contributed by atoms with van der Waals surface area (Å²) in [5.41, 5.74) is 1.44. The van der Waals surface area contributed by atoms with Crippen LogP contribution in [0.5, 0.6) is 17.5 Å². The van der Waals surface area contributed by atoms with Crippen LogP contribution in [0, 0.1) is 5.82 Å². The number of pyridine rings is 1. The maximum absolute atomic E-state index is 13.5. The van der Waals surface area contributed by atoms with Gasteiger partial charge in [-0.25, -0.2) is 19.3 Å². The van der Waals surface area contributed by atoms with Crippen molar-refractivity contribution in [3.8, 4) is 28.6 Å². The van der Waals surface area contributed by atoms with E-state index in [4.69, 9.17) is 21.1 Å². The number of methoxy groups -OCH3 is 1. The van der Waals surface area contributed by atoms with Gasteiger partial charge in [-0.15, -0.1) is 0 Å². The zero-order chi connectivity index (χ0) is 31.2. The second kappa shape index (κ2) is 13.4. The SMILES string of the molecule is COc1ccc(CNc2nccc(Oc3ncc(CC(=O)c4nn(C(C)C)cc(-c5ccc(F)cc5)c4=O)cn3)c2Cl)cc1. The number of hydrogen-bond donors (Lipinski definition) is 1. The van der Waals surface area contributed by atoms with Crippen molar-refractivity contribution in [3.05, 3.63) is 117 Å². The predicted octanol–water partition coefficient (Wildman–Crippen LogP) is 6.31. The minimum atomic E-state index is -0.539. The molecule has 12 heteroatoms. The molecule has 0 saturated carbocycles. The molecule has 5 rings (SSSR count). The number of nitrogens with zero attached hydrogens (tertiary/aromatic N) is 5. The fourth-order valence-corrected chi connectivity index (χ4v) is 4.42. The van der Waals surface area contributed by atoms with E-state index in [0.717, 1.165) is 11.3 Å². The number of ketones is 1. The van der Waals surface area contributed by atoms with Gasteiger partial charge in [0, 0.05) is 55.4 Å². The van der Waals surface area contributed by atoms with E-state index in [1.807, 2.05) is 38.1 Å². The Balaban J connectivity index is 1.28. The average molecular weight is 615 g/mol. The van der Waals surface area contributed by atoms with E-state index in [1.54, 1.807) is 30.3 Å². The summed E-state index contributed by atoms with van der Waals surface area (Å²) in [4.78, 5) is 39.2. The molecular formula is C32H28ClFN6O4. The molecule has 2 aromatic carbocycles. The standard InChI is InChI=1S/C32H28ClFN6O4/c1-19(2)40-18-25(22-6-8-23(34)9-7-22)30(42)29(39-40)26(41)14-21-16-37-32(38-17-21)44-27-12-13-35-31(28(27)33)36-15-20-4-10-24(43-3)11-5-20/h4-13,16-19H,14-15H2,1-3H3,(H,35,36). The third-order valence-corrected chi connectivity index (χ3v) is 6.97. The van der Waals surface area contributed by atoms with Crippen LogP contribution in [-0.4, -0.2) is 37.6 Å². The van der Waals surface area contributed by atoms with Crippen LogP contribution in [0.2, 0.25) is 5.02 Å². The first kappa shape index (κ1) is 30.3. The minimum Gasteiger partial charge on any atom is -0.497 e. The Bertz CT molecular complexity index is 1830. The number of rotatable bonds is 11. The molecule has 44 heavy (non-hydrogen) atoms. The number of aromatic nitrogens is 5. The molecule has 0 fully saturated rings. The van der Waals surface area contributed by atoms with Gasteiger partial charge in [-0.3, -0.25) is 14.3 Å². The molecular weight excluding hydrogens is 587 g/mol. The van der Waals surface area contributed by atoms with Gasteiger partial charge in [0.05, 0.1) is 7.11 Å². The van der Waals surface area contributed by atoms with Crippen LogP contribution in [0.15, 0.2) is 84.2 Å². The van der Waals surface area contributed by atoms with Crippen LogP contribution >= 0.6 is 11.6 Å². The molecule has 3 heterocycles. The first-order chi connectivity index (χ1) is 21.2. The summed E-state index contributed by atoms with van der Waals surface area (Å²) in [5.74, 6) is 0.542. The number of halogens is 2. The van der Waals surface area contributed by atoms with Gasteiger partial charge in [-0.1, -0.05) is 35.9 Å². The van der Waals surface area contributed by atoms with E-state index in [0.29, 0.717) is 29.2 Å². The average Bonchev–Trinajstić information content (AvgIpc) is 3.03. The Morgan fingerprint density at radius 2 is 1.70 bits per heavy atom. The molecule has 5 aromatic rings. The number of hydrogen-bond acceptors (Lipinski definition) is 9. The highest BCUT2D eigenvalue weighted by Gasteiger charge is 2.20. The maximum Gasteiger partial charge on any atom is 0.321 e. The molecule has 0 unspecified atom stereocenters. The Kier molecular flexibility index (Phi) is 9.25. The van der Waals surface area contributed by atoms with Gasteiger partial charge in [-0.2, -0.15) is 5.10 Å². The molecule has 0 aliphatic carbocycles. The van der Waals surface area contributed by atoms with E-state index < -0.39 is 17.0 Å². The van der Waals surface area contributed by atoms with Gasteiger partial charge < -0.3 is 14.8 Å². The first-order valence-corrected chi connectivity index (χ1v) is 14.0. The van der Waals surface area contributed by atoms with E-state index in [2.05, 4.69) is 25.4 Å². The normalized spacial score (nSPS) is 11.0. The third kappa shape index (κ3) is 7.07. The second-order valence-corrected chi connectivity index (χ2v) is 10.4. The van der Waals surface area contributed by atoms with Crippen molar-refractivity contribution < 1.29 is 18.7 Å². The quantitative estimate of drug-likeness (QED) is 0.171. The first-order valence-electron chi connectivity index (χ1n) is 13.6. The zero-order valence-electron chi connectivity index (χ0n) is 24.1. The Labute approximate surface area is 257 Å². The van der Waals surface area contributed by atoms with Gasteiger partial charge >= 0.3 is 6.01 Å². The smallest absolute Gasteiger partial charge is 0.321 e. The predicted molar refractivity (Wildman–Crippen MR) is 164 cm³/mol. The summed E-state index contributed by atoms with van der Waals surface area (Å²) in [7, 11) is 1.61. The summed E-state index contributed by atoms with van der Waals surface area (Å²) in [6.07, 6.45) is 5.81. The van der Waals surface area contributed by atoms with Gasteiger partial charge in [-0.05, 0) is 54.8 Å². The Morgan fingerprint density at radius 1 is 1.00 bits per heavy atom. The van der Waals surface area contributed by atoms with Gasteiger partial charge in [0.15, 0.2) is 17.2 Å². The number of nitrogens with one attached hydrogen (secondary N) is 1. The van der Waals surface area contributed by atoms with E-state index in [-0.39, 0.29) is 34.8 Å². The van der Waals surface area contributed by atoms with Crippen molar-refractivity contribution in [3.63, 3.8) is 0 Å².